The number of ether oxygens (including phenoxy) is 2. The van der Waals surface area contributed by atoms with Crippen molar-refractivity contribution < 1.29 is 13.9 Å². The lowest BCUT2D eigenvalue weighted by molar-refractivity contribution is 0.174. The first-order valence-electron chi connectivity index (χ1n) is 7.72. The Bertz CT molecular complexity index is 1060. The summed E-state index contributed by atoms with van der Waals surface area (Å²) in [6, 6.07) is 16.4. The molecule has 1 aliphatic rings. The van der Waals surface area contributed by atoms with Crippen LogP contribution in [-0.4, -0.2) is 6.79 Å². The van der Waals surface area contributed by atoms with Gasteiger partial charge in [-0.1, -0.05) is 29.3 Å². The van der Waals surface area contributed by atoms with Crippen LogP contribution in [0.25, 0.3) is 23.0 Å². The largest absolute Gasteiger partial charge is 0.457 e. The van der Waals surface area contributed by atoms with Crippen LogP contribution in [0, 0.1) is 11.3 Å². The molecule has 2 aromatic carbocycles. The Balaban J connectivity index is 1.68. The van der Waals surface area contributed by atoms with Crippen molar-refractivity contribution in [1.29, 1.82) is 5.26 Å². The van der Waals surface area contributed by atoms with E-state index >= 15 is 0 Å². The van der Waals surface area contributed by atoms with Gasteiger partial charge in [-0.3, -0.25) is 0 Å². The van der Waals surface area contributed by atoms with E-state index in [1.54, 1.807) is 48.5 Å². The predicted molar refractivity (Wildman–Crippen MR) is 100 cm³/mol. The Morgan fingerprint density at radius 1 is 1.04 bits per heavy atom. The first-order chi connectivity index (χ1) is 12.7. The number of fused-ring (bicyclic) bond motifs is 1. The zero-order chi connectivity index (χ0) is 18.1. The molecular weight excluding hydrogens is 373 g/mol. The Morgan fingerprint density at radius 3 is 2.73 bits per heavy atom. The molecule has 0 N–H and O–H groups in total. The van der Waals surface area contributed by atoms with Gasteiger partial charge < -0.3 is 13.9 Å². The minimum Gasteiger partial charge on any atom is -0.457 e. The molecule has 0 saturated carbocycles. The zero-order valence-corrected chi connectivity index (χ0v) is 14.8. The molecule has 1 aromatic heterocycles. The Kier molecular flexibility index (Phi) is 4.34. The van der Waals surface area contributed by atoms with E-state index in [-0.39, 0.29) is 6.79 Å². The van der Waals surface area contributed by atoms with Crippen molar-refractivity contribution in [3.05, 3.63) is 69.9 Å². The molecule has 0 aliphatic carbocycles. The second-order valence-electron chi connectivity index (χ2n) is 5.54. The summed E-state index contributed by atoms with van der Waals surface area (Å²) in [5, 5.41) is 10.4. The van der Waals surface area contributed by atoms with Crippen LogP contribution in [0.3, 0.4) is 0 Å². The standard InChI is InChI=1S/C20H11Cl2NO3/c21-16-3-1-2-15(20(16)22)17-7-5-14(26-17)8-13(10-23)12-4-6-18-19(9-12)25-11-24-18/h1-9H,11H2/b13-8-. The maximum atomic E-state index is 9.52. The van der Waals surface area contributed by atoms with Crippen molar-refractivity contribution in [2.45, 2.75) is 0 Å². The number of halogens is 2. The van der Waals surface area contributed by atoms with E-state index in [1.165, 1.54) is 0 Å². The smallest absolute Gasteiger partial charge is 0.231 e. The summed E-state index contributed by atoms with van der Waals surface area (Å²) in [4.78, 5) is 0. The normalized spacial score (nSPS) is 12.9. The summed E-state index contributed by atoms with van der Waals surface area (Å²) < 4.78 is 16.5. The van der Waals surface area contributed by atoms with Crippen LogP contribution in [0.4, 0.5) is 0 Å². The molecule has 128 valence electrons. The molecule has 26 heavy (non-hydrogen) atoms. The van der Waals surface area contributed by atoms with Gasteiger partial charge in [0.2, 0.25) is 6.79 Å². The first-order valence-corrected chi connectivity index (χ1v) is 8.47. The van der Waals surface area contributed by atoms with Gasteiger partial charge in [0.05, 0.1) is 21.7 Å². The molecule has 0 spiro atoms. The van der Waals surface area contributed by atoms with E-state index in [0.29, 0.717) is 44.2 Å². The second-order valence-corrected chi connectivity index (χ2v) is 6.33. The van der Waals surface area contributed by atoms with Crippen LogP contribution >= 0.6 is 23.2 Å². The lowest BCUT2D eigenvalue weighted by Crippen LogP contribution is -1.92. The monoisotopic (exact) mass is 383 g/mol. The third-order valence-electron chi connectivity index (χ3n) is 3.93. The number of hydrogen-bond donors (Lipinski definition) is 0. The molecule has 0 bridgehead atoms. The van der Waals surface area contributed by atoms with Crippen molar-refractivity contribution in [3.63, 3.8) is 0 Å². The maximum Gasteiger partial charge on any atom is 0.231 e. The molecule has 1 aliphatic heterocycles. The lowest BCUT2D eigenvalue weighted by Gasteiger charge is -2.02. The molecule has 4 nitrogen and oxygen atoms in total. The molecule has 0 amide bonds. The summed E-state index contributed by atoms with van der Waals surface area (Å²) in [6.45, 7) is 0.187. The van der Waals surface area contributed by atoms with E-state index in [9.17, 15) is 5.26 Å². The fraction of sp³-hybridized carbons (Fsp3) is 0.0500. The maximum absolute atomic E-state index is 9.52. The van der Waals surface area contributed by atoms with Crippen LogP contribution in [0.15, 0.2) is 52.9 Å². The highest BCUT2D eigenvalue weighted by atomic mass is 35.5. The fourth-order valence-electron chi connectivity index (χ4n) is 2.66. The van der Waals surface area contributed by atoms with Crippen LogP contribution in [-0.2, 0) is 0 Å². The van der Waals surface area contributed by atoms with E-state index in [1.807, 2.05) is 6.07 Å². The molecular formula is C20H11Cl2NO3. The predicted octanol–water partition coefficient (Wildman–Crippen LogP) is 6.05. The van der Waals surface area contributed by atoms with Gasteiger partial charge in [0.1, 0.15) is 11.5 Å². The lowest BCUT2D eigenvalue weighted by atomic mass is 10.1. The van der Waals surface area contributed by atoms with E-state index in [4.69, 9.17) is 37.1 Å². The van der Waals surface area contributed by atoms with Gasteiger partial charge in [0.15, 0.2) is 11.5 Å². The van der Waals surface area contributed by atoms with Gasteiger partial charge in [0, 0.05) is 5.56 Å². The molecule has 3 aromatic rings. The summed E-state index contributed by atoms with van der Waals surface area (Å²) >= 11 is 12.3. The van der Waals surface area contributed by atoms with Crippen LogP contribution < -0.4 is 9.47 Å². The highest BCUT2D eigenvalue weighted by Gasteiger charge is 2.15. The number of furan rings is 1. The van der Waals surface area contributed by atoms with Crippen LogP contribution in [0.1, 0.15) is 11.3 Å². The summed E-state index contributed by atoms with van der Waals surface area (Å²) in [7, 11) is 0. The average molecular weight is 384 g/mol. The Morgan fingerprint density at radius 2 is 1.88 bits per heavy atom. The second kappa shape index (κ2) is 6.80. The SMILES string of the molecule is N#C/C(=C/c1ccc(-c2cccc(Cl)c2Cl)o1)c1ccc2c(c1)OCO2. The zero-order valence-electron chi connectivity index (χ0n) is 13.3. The van der Waals surface area contributed by atoms with Gasteiger partial charge in [-0.2, -0.15) is 5.26 Å². The number of benzene rings is 2. The van der Waals surface area contributed by atoms with Gasteiger partial charge in [-0.25, -0.2) is 0 Å². The minimum atomic E-state index is 0.187. The van der Waals surface area contributed by atoms with Gasteiger partial charge in [-0.15, -0.1) is 0 Å². The van der Waals surface area contributed by atoms with Gasteiger partial charge in [-0.05, 0) is 54.1 Å². The van der Waals surface area contributed by atoms with Crippen molar-refractivity contribution in [2.24, 2.45) is 0 Å². The van der Waals surface area contributed by atoms with Gasteiger partial charge >= 0.3 is 0 Å². The van der Waals surface area contributed by atoms with E-state index in [0.717, 1.165) is 5.56 Å². The van der Waals surface area contributed by atoms with Crippen molar-refractivity contribution in [2.75, 3.05) is 6.79 Å². The van der Waals surface area contributed by atoms with E-state index < -0.39 is 0 Å². The first kappa shape index (κ1) is 16.6. The van der Waals surface area contributed by atoms with Crippen molar-refractivity contribution in [1.82, 2.24) is 0 Å². The van der Waals surface area contributed by atoms with E-state index in [2.05, 4.69) is 6.07 Å². The van der Waals surface area contributed by atoms with Crippen LogP contribution in [0.5, 0.6) is 11.5 Å². The molecule has 4 rings (SSSR count). The number of allylic oxidation sites excluding steroid dienone is 1. The van der Waals surface area contributed by atoms with Gasteiger partial charge in [0.25, 0.3) is 0 Å². The number of hydrogen-bond acceptors (Lipinski definition) is 4. The third kappa shape index (κ3) is 3.03. The molecule has 0 radical (unpaired) electrons. The quantitative estimate of drug-likeness (QED) is 0.516. The Labute approximate surface area is 159 Å². The number of nitrogens with zero attached hydrogens (tertiary/aromatic N) is 1. The summed E-state index contributed by atoms with van der Waals surface area (Å²) in [5.41, 5.74) is 1.86. The summed E-state index contributed by atoms with van der Waals surface area (Å²) in [6.07, 6.45) is 1.67. The number of rotatable bonds is 3. The fourth-order valence-corrected chi connectivity index (χ4v) is 3.05. The minimum absolute atomic E-state index is 0.187. The molecule has 0 unspecified atom stereocenters. The molecule has 0 fully saturated rings. The summed E-state index contributed by atoms with van der Waals surface area (Å²) in [5.74, 6) is 2.40. The molecule has 0 atom stereocenters. The average Bonchev–Trinajstić information content (AvgIpc) is 3.30. The topological polar surface area (TPSA) is 55.4 Å². The van der Waals surface area contributed by atoms with Crippen LogP contribution in [0.2, 0.25) is 10.0 Å². The molecule has 6 heteroatoms. The Hall–Kier alpha value is -2.87. The highest BCUT2D eigenvalue weighted by molar-refractivity contribution is 6.43. The molecule has 0 saturated heterocycles. The highest BCUT2D eigenvalue weighted by Crippen LogP contribution is 2.36. The van der Waals surface area contributed by atoms with Crippen molar-refractivity contribution >= 4 is 34.9 Å². The third-order valence-corrected chi connectivity index (χ3v) is 4.75. The van der Waals surface area contributed by atoms with Crippen molar-refractivity contribution in [3.8, 4) is 28.9 Å². The molecule has 2 heterocycles. The number of nitriles is 1.